The Labute approximate surface area is 368 Å². The molecule has 0 bridgehead atoms. The van der Waals surface area contributed by atoms with Gasteiger partial charge in [-0.1, -0.05) is 176 Å². The Balaban J connectivity index is 1.05. The summed E-state index contributed by atoms with van der Waals surface area (Å²) in [6.45, 7) is 0. The molecule has 13 aromatic rings. The van der Waals surface area contributed by atoms with Crippen molar-refractivity contribution < 1.29 is 0 Å². The SMILES string of the molecule is c1ccc(-c2ccc(-c3nc(-c4ccc(-c5ccccc5)cc4)nc(-n4c5ccc(-n6c7ccccc7c7cc8ccccc8cc76)cc5c5cc6ccccc6cc54)n3)cc2)cc1. The molecule has 13 rings (SSSR count). The van der Waals surface area contributed by atoms with Crippen molar-refractivity contribution in [2.24, 2.45) is 0 Å². The molecule has 298 valence electrons. The van der Waals surface area contributed by atoms with Crippen molar-refractivity contribution in [2.45, 2.75) is 0 Å². The van der Waals surface area contributed by atoms with Crippen molar-refractivity contribution in [1.29, 1.82) is 0 Å². The number of rotatable bonds is 6. The summed E-state index contributed by atoms with van der Waals surface area (Å²) in [6, 6.07) is 80.0. The van der Waals surface area contributed by atoms with Crippen molar-refractivity contribution in [3.63, 3.8) is 0 Å². The minimum atomic E-state index is 0.561. The van der Waals surface area contributed by atoms with Crippen molar-refractivity contribution >= 4 is 65.2 Å². The molecule has 0 amide bonds. The minimum Gasteiger partial charge on any atom is -0.309 e. The van der Waals surface area contributed by atoms with E-state index in [1.165, 1.54) is 38.0 Å². The molecule has 0 spiro atoms. The van der Waals surface area contributed by atoms with Crippen LogP contribution in [-0.2, 0) is 0 Å². The third-order valence-electron chi connectivity index (χ3n) is 12.7. The van der Waals surface area contributed by atoms with Gasteiger partial charge in [0.25, 0.3) is 0 Å². The van der Waals surface area contributed by atoms with Gasteiger partial charge in [0, 0.05) is 38.4 Å². The Morgan fingerprint density at radius 2 is 0.656 bits per heavy atom. The van der Waals surface area contributed by atoms with Gasteiger partial charge in [0.15, 0.2) is 11.6 Å². The number of benzene rings is 10. The van der Waals surface area contributed by atoms with E-state index in [9.17, 15) is 0 Å². The number of fused-ring (bicyclic) bond motifs is 8. The van der Waals surface area contributed by atoms with E-state index in [4.69, 9.17) is 15.0 Å². The number of hydrogen-bond donors (Lipinski definition) is 0. The molecular formula is C59H37N5. The van der Waals surface area contributed by atoms with E-state index in [1.54, 1.807) is 0 Å². The van der Waals surface area contributed by atoms with Gasteiger partial charge in [-0.05, 0) is 92.3 Å². The fraction of sp³-hybridized carbons (Fsp3) is 0. The smallest absolute Gasteiger partial charge is 0.238 e. The zero-order valence-electron chi connectivity index (χ0n) is 34.6. The summed E-state index contributed by atoms with van der Waals surface area (Å²) in [5.41, 5.74) is 11.9. The lowest BCUT2D eigenvalue weighted by Gasteiger charge is -2.12. The highest BCUT2D eigenvalue weighted by atomic mass is 15.2. The van der Waals surface area contributed by atoms with Gasteiger partial charge < -0.3 is 4.57 Å². The maximum atomic E-state index is 5.34. The summed E-state index contributed by atoms with van der Waals surface area (Å²) >= 11 is 0. The molecule has 0 fully saturated rings. The largest absolute Gasteiger partial charge is 0.309 e. The Morgan fingerprint density at radius 3 is 1.22 bits per heavy atom. The molecule has 0 radical (unpaired) electrons. The normalized spacial score (nSPS) is 11.8. The summed E-state index contributed by atoms with van der Waals surface area (Å²) in [6.07, 6.45) is 0. The van der Waals surface area contributed by atoms with Gasteiger partial charge in [0.05, 0.1) is 22.1 Å². The van der Waals surface area contributed by atoms with E-state index in [1.807, 2.05) is 12.1 Å². The average molecular weight is 816 g/mol. The van der Waals surface area contributed by atoms with E-state index < -0.39 is 0 Å². The lowest BCUT2D eigenvalue weighted by Crippen LogP contribution is -2.06. The first kappa shape index (κ1) is 36.0. The van der Waals surface area contributed by atoms with Gasteiger partial charge in [-0.15, -0.1) is 0 Å². The summed E-state index contributed by atoms with van der Waals surface area (Å²) < 4.78 is 4.64. The Hall–Kier alpha value is -8.67. The van der Waals surface area contributed by atoms with Crippen molar-refractivity contribution in [2.75, 3.05) is 0 Å². The van der Waals surface area contributed by atoms with Crippen LogP contribution in [0.4, 0.5) is 0 Å². The lowest BCUT2D eigenvalue weighted by atomic mass is 10.0. The Bertz CT molecular complexity index is 3820. The molecule has 3 heterocycles. The van der Waals surface area contributed by atoms with Gasteiger partial charge in [0.1, 0.15) is 0 Å². The molecule has 0 aliphatic heterocycles. The van der Waals surface area contributed by atoms with E-state index >= 15 is 0 Å². The molecule has 0 saturated carbocycles. The third-order valence-corrected chi connectivity index (χ3v) is 12.7. The third kappa shape index (κ3) is 5.90. The quantitative estimate of drug-likeness (QED) is 0.168. The molecule has 0 aliphatic carbocycles. The topological polar surface area (TPSA) is 48.5 Å². The van der Waals surface area contributed by atoms with Crippen LogP contribution in [0.2, 0.25) is 0 Å². The molecule has 64 heavy (non-hydrogen) atoms. The van der Waals surface area contributed by atoms with Gasteiger partial charge in [0.2, 0.25) is 5.95 Å². The second kappa shape index (κ2) is 14.5. The molecule has 0 N–H and O–H groups in total. The number of hydrogen-bond acceptors (Lipinski definition) is 3. The van der Waals surface area contributed by atoms with Crippen molar-refractivity contribution in [3.8, 4) is 56.7 Å². The molecule has 0 aliphatic rings. The van der Waals surface area contributed by atoms with Crippen LogP contribution in [0, 0.1) is 0 Å². The van der Waals surface area contributed by atoms with Crippen LogP contribution in [-0.4, -0.2) is 24.1 Å². The standard InChI is InChI=1S/C59H37N5/c1-3-13-38(14-4-1)40-23-27-42(28-24-40)57-60-58(43-29-25-41(26-30-43)39-15-5-2-6-16-39)62-59(61-57)64-54-32-31-48(37-52(54)51-34-45-18-8-10-20-47(45)36-56(51)64)63-53-22-12-11-21-49(53)50-33-44-17-7-9-19-46(44)35-55(50)63/h1-37H. The predicted octanol–water partition coefficient (Wildman–Crippen LogP) is 15.0. The van der Waals surface area contributed by atoms with Crippen LogP contribution < -0.4 is 0 Å². The first-order chi connectivity index (χ1) is 31.7. The second-order valence-electron chi connectivity index (χ2n) is 16.5. The summed E-state index contributed by atoms with van der Waals surface area (Å²) in [5.74, 6) is 1.78. The molecule has 3 aromatic heterocycles. The molecule has 0 unspecified atom stereocenters. The molecule has 5 nitrogen and oxygen atoms in total. The van der Waals surface area contributed by atoms with E-state index in [0.29, 0.717) is 17.6 Å². The molecule has 0 atom stereocenters. The van der Waals surface area contributed by atoms with Gasteiger partial charge >= 0.3 is 0 Å². The van der Waals surface area contributed by atoms with E-state index in [2.05, 4.69) is 221 Å². The highest BCUT2D eigenvalue weighted by Crippen LogP contribution is 2.40. The minimum absolute atomic E-state index is 0.561. The number of aromatic nitrogens is 5. The fourth-order valence-corrected chi connectivity index (χ4v) is 9.59. The molecule has 10 aromatic carbocycles. The van der Waals surface area contributed by atoms with Crippen LogP contribution in [0.15, 0.2) is 224 Å². The fourth-order valence-electron chi connectivity index (χ4n) is 9.59. The first-order valence-electron chi connectivity index (χ1n) is 21.7. The lowest BCUT2D eigenvalue weighted by molar-refractivity contribution is 0.953. The Kier molecular flexibility index (Phi) is 8.15. The van der Waals surface area contributed by atoms with Crippen molar-refractivity contribution in [3.05, 3.63) is 224 Å². The number of para-hydroxylation sites is 1. The van der Waals surface area contributed by atoms with E-state index in [-0.39, 0.29) is 0 Å². The molecule has 0 saturated heterocycles. The molecule has 5 heteroatoms. The monoisotopic (exact) mass is 815 g/mol. The zero-order valence-corrected chi connectivity index (χ0v) is 34.6. The average Bonchev–Trinajstić information content (AvgIpc) is 3.86. The Morgan fingerprint density at radius 1 is 0.250 bits per heavy atom. The van der Waals surface area contributed by atoms with Crippen LogP contribution in [0.5, 0.6) is 0 Å². The zero-order chi connectivity index (χ0) is 42.1. The highest BCUT2D eigenvalue weighted by Gasteiger charge is 2.21. The van der Waals surface area contributed by atoms with Crippen LogP contribution in [0.25, 0.3) is 122 Å². The predicted molar refractivity (Wildman–Crippen MR) is 265 cm³/mol. The summed E-state index contributed by atoms with van der Waals surface area (Å²) in [7, 11) is 0. The van der Waals surface area contributed by atoms with E-state index in [0.717, 1.165) is 66.3 Å². The van der Waals surface area contributed by atoms with Crippen LogP contribution >= 0.6 is 0 Å². The second-order valence-corrected chi connectivity index (χ2v) is 16.5. The maximum Gasteiger partial charge on any atom is 0.238 e. The summed E-state index contributed by atoms with van der Waals surface area (Å²) in [4.78, 5) is 15.9. The van der Waals surface area contributed by atoms with Crippen LogP contribution in [0.1, 0.15) is 0 Å². The maximum absolute atomic E-state index is 5.34. The van der Waals surface area contributed by atoms with Gasteiger partial charge in [-0.3, -0.25) is 4.57 Å². The first-order valence-corrected chi connectivity index (χ1v) is 21.7. The van der Waals surface area contributed by atoms with Gasteiger partial charge in [-0.2, -0.15) is 9.97 Å². The highest BCUT2D eigenvalue weighted by molar-refractivity contribution is 6.16. The molecular weight excluding hydrogens is 779 g/mol. The van der Waals surface area contributed by atoms with Crippen molar-refractivity contribution in [1.82, 2.24) is 24.1 Å². The van der Waals surface area contributed by atoms with Crippen LogP contribution in [0.3, 0.4) is 0 Å². The van der Waals surface area contributed by atoms with Gasteiger partial charge in [-0.25, -0.2) is 4.98 Å². The summed E-state index contributed by atoms with van der Waals surface area (Å²) in [5, 5.41) is 9.50. The number of nitrogens with zero attached hydrogens (tertiary/aromatic N) is 5.